The second kappa shape index (κ2) is 5.47. The lowest BCUT2D eigenvalue weighted by Crippen LogP contribution is -2.49. The molecule has 0 radical (unpaired) electrons. The molecule has 0 aliphatic heterocycles. The zero-order valence-electron chi connectivity index (χ0n) is 10.8. The van der Waals surface area contributed by atoms with Crippen LogP contribution in [0, 0.1) is 11.8 Å². The van der Waals surface area contributed by atoms with E-state index >= 15 is 0 Å². The van der Waals surface area contributed by atoms with E-state index in [1.807, 2.05) is 0 Å². The van der Waals surface area contributed by atoms with Crippen LogP contribution in [0.25, 0.3) is 0 Å². The Bertz CT molecular complexity index is 297. The quantitative estimate of drug-likeness (QED) is 0.823. The average Bonchev–Trinajstić information content (AvgIpc) is 2.24. The lowest BCUT2D eigenvalue weighted by molar-refractivity contribution is -0.198. The van der Waals surface area contributed by atoms with E-state index in [-0.39, 0.29) is 13.0 Å². The van der Waals surface area contributed by atoms with Crippen molar-refractivity contribution in [3.8, 4) is 0 Å². The lowest BCUT2D eigenvalue weighted by atomic mass is 9.78. The van der Waals surface area contributed by atoms with Gasteiger partial charge < -0.3 is 11.1 Å². The maximum absolute atomic E-state index is 12.8. The van der Waals surface area contributed by atoms with E-state index in [9.17, 15) is 18.0 Å². The fraction of sp³-hybridized carbons (Fsp3) is 0.917. The van der Waals surface area contributed by atoms with Gasteiger partial charge >= 0.3 is 6.18 Å². The number of nitrogens with two attached hydrogens (primary N) is 1. The SMILES string of the molecule is CC(C)(N)CNC(=O)C1CCCCC1C(F)(F)F. The van der Waals surface area contributed by atoms with Gasteiger partial charge in [0, 0.05) is 18.0 Å². The first-order chi connectivity index (χ1) is 8.11. The van der Waals surface area contributed by atoms with Crippen LogP contribution in [0.1, 0.15) is 39.5 Å². The van der Waals surface area contributed by atoms with Crippen LogP contribution >= 0.6 is 0 Å². The van der Waals surface area contributed by atoms with E-state index in [1.54, 1.807) is 13.8 Å². The number of nitrogens with one attached hydrogen (secondary N) is 1. The number of halogens is 3. The molecular formula is C12H21F3N2O. The zero-order valence-corrected chi connectivity index (χ0v) is 10.8. The molecule has 0 aromatic heterocycles. The summed E-state index contributed by atoms with van der Waals surface area (Å²) in [6, 6.07) is 0. The number of amides is 1. The van der Waals surface area contributed by atoms with Gasteiger partial charge in [-0.3, -0.25) is 4.79 Å². The predicted octanol–water partition coefficient (Wildman–Crippen LogP) is 2.21. The molecule has 1 rings (SSSR count). The van der Waals surface area contributed by atoms with Crippen molar-refractivity contribution in [1.82, 2.24) is 5.32 Å². The highest BCUT2D eigenvalue weighted by Gasteiger charge is 2.48. The molecule has 0 spiro atoms. The van der Waals surface area contributed by atoms with E-state index in [4.69, 9.17) is 5.73 Å². The molecule has 1 aliphatic carbocycles. The molecule has 3 N–H and O–H groups in total. The molecule has 1 amide bonds. The standard InChI is InChI=1S/C12H21F3N2O/c1-11(2,16)7-17-10(18)8-5-3-4-6-9(8)12(13,14)15/h8-9H,3-7,16H2,1-2H3,(H,17,18). The third-order valence-corrected chi connectivity index (χ3v) is 3.24. The highest BCUT2D eigenvalue weighted by molar-refractivity contribution is 5.79. The second-order valence-electron chi connectivity index (χ2n) is 5.75. The van der Waals surface area contributed by atoms with Crippen LogP contribution in [0.5, 0.6) is 0 Å². The molecule has 0 bridgehead atoms. The Morgan fingerprint density at radius 3 is 2.33 bits per heavy atom. The molecule has 0 saturated heterocycles. The van der Waals surface area contributed by atoms with Gasteiger partial charge in [-0.2, -0.15) is 13.2 Å². The molecule has 18 heavy (non-hydrogen) atoms. The molecule has 0 aromatic carbocycles. The van der Waals surface area contributed by atoms with Gasteiger partial charge in [-0.15, -0.1) is 0 Å². The Balaban J connectivity index is 2.64. The third kappa shape index (κ3) is 4.48. The van der Waals surface area contributed by atoms with Gasteiger partial charge in [-0.25, -0.2) is 0 Å². The predicted molar refractivity (Wildman–Crippen MR) is 62.8 cm³/mol. The van der Waals surface area contributed by atoms with Crippen molar-refractivity contribution < 1.29 is 18.0 Å². The summed E-state index contributed by atoms with van der Waals surface area (Å²) in [6.45, 7) is 3.62. The molecule has 0 aromatic rings. The minimum absolute atomic E-state index is 0.0492. The minimum atomic E-state index is -4.29. The number of rotatable bonds is 3. The van der Waals surface area contributed by atoms with Gasteiger partial charge in [0.1, 0.15) is 0 Å². The molecule has 1 saturated carbocycles. The zero-order chi connectivity index (χ0) is 14.0. The number of hydrogen-bond donors (Lipinski definition) is 2. The molecule has 1 fully saturated rings. The fourth-order valence-electron chi connectivity index (χ4n) is 2.28. The molecule has 2 unspecified atom stereocenters. The summed E-state index contributed by atoms with van der Waals surface area (Å²) in [6.07, 6.45) is -2.72. The minimum Gasteiger partial charge on any atom is -0.354 e. The molecule has 3 nitrogen and oxygen atoms in total. The monoisotopic (exact) mass is 266 g/mol. The van der Waals surface area contributed by atoms with Crippen LogP contribution in [-0.4, -0.2) is 24.2 Å². The van der Waals surface area contributed by atoms with Crippen molar-refractivity contribution in [2.24, 2.45) is 17.6 Å². The second-order valence-corrected chi connectivity index (χ2v) is 5.75. The van der Waals surface area contributed by atoms with E-state index in [2.05, 4.69) is 5.32 Å². The van der Waals surface area contributed by atoms with Crippen LogP contribution in [-0.2, 0) is 4.79 Å². The summed E-state index contributed by atoms with van der Waals surface area (Å²) in [5, 5.41) is 2.53. The summed E-state index contributed by atoms with van der Waals surface area (Å²) in [5.41, 5.74) is 5.08. The van der Waals surface area contributed by atoms with E-state index in [0.29, 0.717) is 19.3 Å². The fourth-order valence-corrected chi connectivity index (χ4v) is 2.28. The maximum Gasteiger partial charge on any atom is 0.392 e. The van der Waals surface area contributed by atoms with Crippen LogP contribution < -0.4 is 11.1 Å². The van der Waals surface area contributed by atoms with Gasteiger partial charge in [0.15, 0.2) is 0 Å². The Hall–Kier alpha value is -0.780. The molecule has 1 aliphatic rings. The Kier molecular flexibility index (Phi) is 4.64. The molecular weight excluding hydrogens is 245 g/mol. The first kappa shape index (κ1) is 15.3. The summed E-state index contributed by atoms with van der Waals surface area (Å²) in [4.78, 5) is 11.8. The number of carbonyl (C=O) groups is 1. The highest BCUT2D eigenvalue weighted by atomic mass is 19.4. The summed E-state index contributed by atoms with van der Waals surface area (Å²) in [5.74, 6) is -2.98. The lowest BCUT2D eigenvalue weighted by Gasteiger charge is -2.32. The Labute approximate surface area is 105 Å². The van der Waals surface area contributed by atoms with Gasteiger partial charge in [-0.1, -0.05) is 12.8 Å². The van der Waals surface area contributed by atoms with Crippen molar-refractivity contribution in [2.75, 3.05) is 6.54 Å². The van der Waals surface area contributed by atoms with Crippen molar-refractivity contribution in [1.29, 1.82) is 0 Å². The molecule has 106 valence electrons. The maximum atomic E-state index is 12.8. The Morgan fingerprint density at radius 2 is 1.83 bits per heavy atom. The van der Waals surface area contributed by atoms with Gasteiger partial charge in [0.25, 0.3) is 0 Å². The van der Waals surface area contributed by atoms with Crippen LogP contribution in [0.3, 0.4) is 0 Å². The van der Waals surface area contributed by atoms with Gasteiger partial charge in [0.2, 0.25) is 5.91 Å². The van der Waals surface area contributed by atoms with Gasteiger partial charge in [-0.05, 0) is 26.7 Å². The van der Waals surface area contributed by atoms with Gasteiger partial charge in [0.05, 0.1) is 5.92 Å². The molecule has 0 heterocycles. The average molecular weight is 266 g/mol. The van der Waals surface area contributed by atoms with E-state index in [1.165, 1.54) is 0 Å². The number of carbonyl (C=O) groups excluding carboxylic acids is 1. The number of hydrogen-bond acceptors (Lipinski definition) is 2. The highest BCUT2D eigenvalue weighted by Crippen LogP contribution is 2.41. The smallest absolute Gasteiger partial charge is 0.354 e. The van der Waals surface area contributed by atoms with E-state index in [0.717, 1.165) is 0 Å². The van der Waals surface area contributed by atoms with Crippen molar-refractivity contribution in [2.45, 2.75) is 51.2 Å². The third-order valence-electron chi connectivity index (χ3n) is 3.24. The van der Waals surface area contributed by atoms with Crippen molar-refractivity contribution >= 4 is 5.91 Å². The van der Waals surface area contributed by atoms with Crippen molar-refractivity contribution in [3.63, 3.8) is 0 Å². The topological polar surface area (TPSA) is 55.1 Å². The van der Waals surface area contributed by atoms with Crippen LogP contribution in [0.15, 0.2) is 0 Å². The van der Waals surface area contributed by atoms with Crippen molar-refractivity contribution in [3.05, 3.63) is 0 Å². The first-order valence-corrected chi connectivity index (χ1v) is 6.24. The molecule has 6 heteroatoms. The van der Waals surface area contributed by atoms with E-state index < -0.39 is 29.5 Å². The number of alkyl halides is 3. The Morgan fingerprint density at radius 1 is 1.28 bits per heavy atom. The summed E-state index contributed by atoms with van der Waals surface area (Å²) < 4.78 is 38.5. The van der Waals surface area contributed by atoms with Crippen LogP contribution in [0.4, 0.5) is 13.2 Å². The summed E-state index contributed by atoms with van der Waals surface area (Å²) in [7, 11) is 0. The molecule has 2 atom stereocenters. The normalized spacial score (nSPS) is 25.9. The summed E-state index contributed by atoms with van der Waals surface area (Å²) >= 11 is 0. The first-order valence-electron chi connectivity index (χ1n) is 6.24. The van der Waals surface area contributed by atoms with Crippen LogP contribution in [0.2, 0.25) is 0 Å². The largest absolute Gasteiger partial charge is 0.392 e.